The van der Waals surface area contributed by atoms with Gasteiger partial charge in [0.25, 0.3) is 0 Å². The predicted molar refractivity (Wildman–Crippen MR) is 102 cm³/mol. The zero-order chi connectivity index (χ0) is 19.3. The van der Waals surface area contributed by atoms with Crippen LogP contribution in [0.3, 0.4) is 0 Å². The van der Waals surface area contributed by atoms with Crippen LogP contribution in [0.5, 0.6) is 5.75 Å². The Morgan fingerprint density at radius 3 is 2.44 bits per heavy atom. The summed E-state index contributed by atoms with van der Waals surface area (Å²) in [5, 5.41) is 14.1. The lowest BCUT2D eigenvalue weighted by Crippen LogP contribution is -2.46. The van der Waals surface area contributed by atoms with Crippen LogP contribution >= 0.6 is 11.8 Å². The number of nitrogens with zero attached hydrogens (tertiary/aromatic N) is 1. The number of nitro groups is 1. The molecule has 7 heteroatoms. The first-order valence-corrected chi connectivity index (χ1v) is 9.29. The highest BCUT2D eigenvalue weighted by Gasteiger charge is 2.26. The molecule has 0 spiro atoms. The molecule has 0 aliphatic rings. The third-order valence-corrected chi connectivity index (χ3v) is 4.40. The molecule has 6 nitrogen and oxygen atoms in total. The van der Waals surface area contributed by atoms with E-state index in [1.54, 1.807) is 12.1 Å². The van der Waals surface area contributed by atoms with E-state index in [4.69, 9.17) is 4.74 Å². The molecule has 1 aromatic rings. The summed E-state index contributed by atoms with van der Waals surface area (Å²) in [7, 11) is 1.40. The molecule has 0 aliphatic heterocycles. The van der Waals surface area contributed by atoms with Crippen molar-refractivity contribution < 1.29 is 14.5 Å². The Hall–Kier alpha value is -1.76. The summed E-state index contributed by atoms with van der Waals surface area (Å²) in [5.41, 5.74) is 0.594. The van der Waals surface area contributed by atoms with Gasteiger partial charge in [-0.05, 0) is 37.3 Å². The van der Waals surface area contributed by atoms with Crippen molar-refractivity contribution in [2.45, 2.75) is 52.3 Å². The third-order valence-electron chi connectivity index (χ3n) is 3.39. The van der Waals surface area contributed by atoms with Crippen molar-refractivity contribution >= 4 is 23.4 Å². The Bertz CT molecular complexity index is 624. The summed E-state index contributed by atoms with van der Waals surface area (Å²) in [6, 6.07) is 4.86. The van der Waals surface area contributed by atoms with Gasteiger partial charge >= 0.3 is 5.69 Å². The van der Waals surface area contributed by atoms with Crippen LogP contribution in [0.2, 0.25) is 0 Å². The number of carbonyl (C=O) groups is 1. The van der Waals surface area contributed by atoms with E-state index in [-0.39, 0.29) is 28.3 Å². The van der Waals surface area contributed by atoms with E-state index in [9.17, 15) is 14.9 Å². The fourth-order valence-electron chi connectivity index (χ4n) is 3.01. The highest BCUT2D eigenvalue weighted by atomic mass is 32.2. The van der Waals surface area contributed by atoms with Crippen molar-refractivity contribution in [3.05, 3.63) is 33.9 Å². The number of benzene rings is 1. The van der Waals surface area contributed by atoms with Gasteiger partial charge < -0.3 is 10.1 Å². The van der Waals surface area contributed by atoms with Gasteiger partial charge in [-0.2, -0.15) is 0 Å². The van der Waals surface area contributed by atoms with Gasteiger partial charge in [0.15, 0.2) is 5.75 Å². The average molecular weight is 368 g/mol. The van der Waals surface area contributed by atoms with E-state index in [0.29, 0.717) is 11.5 Å². The van der Waals surface area contributed by atoms with Crippen LogP contribution in [-0.2, 0) is 10.5 Å². The standard InChI is InChI=1S/C18H28N2O4S/c1-17(2,3)12-18(4,5)19-16(21)11-25-10-13-7-8-15(24-6)14(9-13)20(22)23/h7-9H,10-12H2,1-6H3,(H,19,21). The molecule has 0 unspecified atom stereocenters. The Balaban J connectivity index is 2.56. The first-order valence-electron chi connectivity index (χ1n) is 8.13. The maximum absolute atomic E-state index is 12.2. The van der Waals surface area contributed by atoms with Gasteiger partial charge in [-0.15, -0.1) is 11.8 Å². The molecule has 0 saturated carbocycles. The van der Waals surface area contributed by atoms with E-state index in [1.165, 1.54) is 24.9 Å². The van der Waals surface area contributed by atoms with Gasteiger partial charge in [-0.3, -0.25) is 14.9 Å². The molecule has 0 bridgehead atoms. The molecule has 1 aromatic carbocycles. The van der Waals surface area contributed by atoms with Crippen molar-refractivity contribution in [2.24, 2.45) is 5.41 Å². The minimum atomic E-state index is -0.464. The Labute approximate surface area is 153 Å². The van der Waals surface area contributed by atoms with Crippen LogP contribution in [0.1, 0.15) is 46.6 Å². The summed E-state index contributed by atoms with van der Waals surface area (Å²) in [6.45, 7) is 10.5. The second kappa shape index (κ2) is 8.56. The quantitative estimate of drug-likeness (QED) is 0.550. The lowest BCUT2D eigenvalue weighted by molar-refractivity contribution is -0.385. The number of nitrogens with one attached hydrogen (secondary N) is 1. The summed E-state index contributed by atoms with van der Waals surface area (Å²) < 4.78 is 4.99. The van der Waals surface area contributed by atoms with Crippen LogP contribution in [-0.4, -0.2) is 29.2 Å². The van der Waals surface area contributed by atoms with Gasteiger partial charge in [0.2, 0.25) is 5.91 Å². The fourth-order valence-corrected chi connectivity index (χ4v) is 3.79. The average Bonchev–Trinajstić information content (AvgIpc) is 2.43. The summed E-state index contributed by atoms with van der Waals surface area (Å²) in [5.74, 6) is 1.05. The van der Waals surface area contributed by atoms with E-state index >= 15 is 0 Å². The highest BCUT2D eigenvalue weighted by Crippen LogP contribution is 2.29. The maximum atomic E-state index is 12.2. The first kappa shape index (κ1) is 21.3. The van der Waals surface area contributed by atoms with E-state index in [2.05, 4.69) is 26.1 Å². The van der Waals surface area contributed by atoms with Gasteiger partial charge in [0, 0.05) is 17.4 Å². The Kier molecular flexibility index (Phi) is 7.29. The third kappa shape index (κ3) is 7.77. The van der Waals surface area contributed by atoms with E-state index in [0.717, 1.165) is 12.0 Å². The molecule has 1 N–H and O–H groups in total. The number of carbonyl (C=O) groups excluding carboxylic acids is 1. The number of hydrogen-bond donors (Lipinski definition) is 1. The van der Waals surface area contributed by atoms with Crippen LogP contribution in [0.15, 0.2) is 18.2 Å². The van der Waals surface area contributed by atoms with E-state index < -0.39 is 4.92 Å². The number of hydrogen-bond acceptors (Lipinski definition) is 5. The molecule has 1 rings (SSSR count). The lowest BCUT2D eigenvalue weighted by atomic mass is 9.82. The number of rotatable bonds is 8. The minimum absolute atomic E-state index is 0.0257. The zero-order valence-corrected chi connectivity index (χ0v) is 16.7. The number of nitro benzene ring substituents is 1. The van der Waals surface area contributed by atoms with Crippen molar-refractivity contribution in [2.75, 3.05) is 12.9 Å². The Morgan fingerprint density at radius 2 is 1.92 bits per heavy atom. The molecule has 0 aliphatic carbocycles. The van der Waals surface area contributed by atoms with Gasteiger partial charge in [0.1, 0.15) is 0 Å². The number of ether oxygens (including phenoxy) is 1. The van der Waals surface area contributed by atoms with Crippen molar-refractivity contribution in [3.63, 3.8) is 0 Å². The van der Waals surface area contributed by atoms with Crippen molar-refractivity contribution in [3.8, 4) is 5.75 Å². The summed E-state index contributed by atoms with van der Waals surface area (Å²) in [6.07, 6.45) is 0.876. The summed E-state index contributed by atoms with van der Waals surface area (Å²) in [4.78, 5) is 22.7. The topological polar surface area (TPSA) is 81.5 Å². The van der Waals surface area contributed by atoms with Gasteiger partial charge in [-0.1, -0.05) is 26.8 Å². The molecule has 0 atom stereocenters. The predicted octanol–water partition coefficient (Wildman–Crippen LogP) is 4.17. The largest absolute Gasteiger partial charge is 0.490 e. The maximum Gasteiger partial charge on any atom is 0.311 e. The molecule has 1 amide bonds. The number of methoxy groups -OCH3 is 1. The smallest absolute Gasteiger partial charge is 0.311 e. The van der Waals surface area contributed by atoms with Crippen LogP contribution in [0, 0.1) is 15.5 Å². The first-order chi connectivity index (χ1) is 11.4. The Morgan fingerprint density at radius 1 is 1.28 bits per heavy atom. The molecule has 0 heterocycles. The molecular weight excluding hydrogens is 340 g/mol. The lowest BCUT2D eigenvalue weighted by Gasteiger charge is -2.33. The molecule has 0 saturated heterocycles. The van der Waals surface area contributed by atoms with Crippen LogP contribution < -0.4 is 10.1 Å². The van der Waals surface area contributed by atoms with Gasteiger partial charge in [-0.25, -0.2) is 0 Å². The molecule has 0 radical (unpaired) electrons. The zero-order valence-electron chi connectivity index (χ0n) is 15.8. The molecular formula is C18H28N2O4S. The fraction of sp³-hybridized carbons (Fsp3) is 0.611. The molecule has 140 valence electrons. The second-order valence-corrected chi connectivity index (χ2v) is 8.91. The SMILES string of the molecule is COc1ccc(CSCC(=O)NC(C)(C)CC(C)(C)C)cc1[N+](=O)[O-]. The van der Waals surface area contributed by atoms with Crippen molar-refractivity contribution in [1.29, 1.82) is 0 Å². The molecule has 0 aromatic heterocycles. The number of thioether (sulfide) groups is 1. The van der Waals surface area contributed by atoms with Crippen LogP contribution in [0.25, 0.3) is 0 Å². The normalized spacial score (nSPS) is 11.9. The molecule has 25 heavy (non-hydrogen) atoms. The minimum Gasteiger partial charge on any atom is -0.490 e. The highest BCUT2D eigenvalue weighted by molar-refractivity contribution is 7.99. The monoisotopic (exact) mass is 368 g/mol. The second-order valence-electron chi connectivity index (χ2n) is 7.93. The van der Waals surface area contributed by atoms with Gasteiger partial charge in [0.05, 0.1) is 17.8 Å². The number of amides is 1. The van der Waals surface area contributed by atoms with Crippen LogP contribution in [0.4, 0.5) is 5.69 Å². The summed E-state index contributed by atoms with van der Waals surface area (Å²) >= 11 is 1.43. The molecule has 0 fully saturated rings. The van der Waals surface area contributed by atoms with Crippen molar-refractivity contribution in [1.82, 2.24) is 5.32 Å². The van der Waals surface area contributed by atoms with E-state index in [1.807, 2.05) is 13.8 Å².